The van der Waals surface area contributed by atoms with Crippen LogP contribution in [-0.2, 0) is 11.3 Å². The van der Waals surface area contributed by atoms with Crippen molar-refractivity contribution in [1.29, 1.82) is 0 Å². The highest BCUT2D eigenvalue weighted by molar-refractivity contribution is 5.80. The standard InChI is InChI=1S/C23H29N5O2/c1-15-9-16(2)25-23(24-15)26-8-4-5-18(13-26)22(30)27-11-17-10-19(14-27)20-6-3-7-21(29)28(20)12-17/h3,6-7,9,17-19H,4-5,8,10-14H2,1-2H3/t17-,18+,19+/m1/s1. The molecular weight excluding hydrogens is 378 g/mol. The number of piperidine rings is 2. The van der Waals surface area contributed by atoms with Crippen LogP contribution in [0.2, 0.25) is 0 Å². The Hall–Kier alpha value is -2.70. The van der Waals surface area contributed by atoms with Crippen molar-refractivity contribution in [2.75, 3.05) is 31.1 Å². The van der Waals surface area contributed by atoms with Gasteiger partial charge in [0.2, 0.25) is 11.9 Å². The van der Waals surface area contributed by atoms with E-state index in [0.717, 1.165) is 68.5 Å². The summed E-state index contributed by atoms with van der Waals surface area (Å²) in [7, 11) is 0. The first-order chi connectivity index (χ1) is 14.5. The van der Waals surface area contributed by atoms with Gasteiger partial charge in [-0.3, -0.25) is 9.59 Å². The maximum absolute atomic E-state index is 13.5. The van der Waals surface area contributed by atoms with Gasteiger partial charge in [0.15, 0.2) is 0 Å². The normalized spacial score (nSPS) is 25.7. The average Bonchev–Trinajstić information content (AvgIpc) is 2.73. The minimum absolute atomic E-state index is 0.0139. The van der Waals surface area contributed by atoms with Crippen LogP contribution in [0.25, 0.3) is 0 Å². The molecule has 0 aliphatic carbocycles. The van der Waals surface area contributed by atoms with Crippen LogP contribution in [0.1, 0.15) is 42.3 Å². The first-order valence-corrected chi connectivity index (χ1v) is 11.0. The molecule has 3 aliphatic heterocycles. The van der Waals surface area contributed by atoms with Gasteiger partial charge in [-0.15, -0.1) is 0 Å². The number of anilines is 1. The van der Waals surface area contributed by atoms with Crippen molar-refractivity contribution in [3.8, 4) is 0 Å². The zero-order valence-corrected chi connectivity index (χ0v) is 17.8. The molecule has 7 nitrogen and oxygen atoms in total. The molecule has 7 heteroatoms. The van der Waals surface area contributed by atoms with E-state index < -0.39 is 0 Å². The minimum Gasteiger partial charge on any atom is -0.341 e. The summed E-state index contributed by atoms with van der Waals surface area (Å²) in [6.45, 7) is 7.75. The van der Waals surface area contributed by atoms with Gasteiger partial charge in [0.25, 0.3) is 5.56 Å². The van der Waals surface area contributed by atoms with E-state index in [0.29, 0.717) is 12.5 Å². The number of aryl methyl sites for hydroxylation is 2. The van der Waals surface area contributed by atoms with E-state index in [-0.39, 0.29) is 23.3 Å². The summed E-state index contributed by atoms with van der Waals surface area (Å²) in [5, 5.41) is 0. The smallest absolute Gasteiger partial charge is 0.250 e. The number of carbonyl (C=O) groups excluding carboxylic acids is 1. The molecule has 0 radical (unpaired) electrons. The first-order valence-electron chi connectivity index (χ1n) is 11.0. The van der Waals surface area contributed by atoms with Crippen molar-refractivity contribution < 1.29 is 4.79 Å². The largest absolute Gasteiger partial charge is 0.341 e. The van der Waals surface area contributed by atoms with Crippen LogP contribution in [0.4, 0.5) is 5.95 Å². The number of pyridine rings is 1. The lowest BCUT2D eigenvalue weighted by Gasteiger charge is -2.44. The van der Waals surface area contributed by atoms with Crippen molar-refractivity contribution in [3.05, 3.63) is 51.7 Å². The van der Waals surface area contributed by atoms with Crippen molar-refractivity contribution in [1.82, 2.24) is 19.4 Å². The molecular formula is C23H29N5O2. The zero-order valence-electron chi connectivity index (χ0n) is 17.8. The van der Waals surface area contributed by atoms with Crippen molar-refractivity contribution >= 4 is 11.9 Å². The van der Waals surface area contributed by atoms with E-state index in [9.17, 15) is 9.59 Å². The van der Waals surface area contributed by atoms with Crippen molar-refractivity contribution in [3.63, 3.8) is 0 Å². The third kappa shape index (κ3) is 3.50. The summed E-state index contributed by atoms with van der Waals surface area (Å²) in [6.07, 6.45) is 2.97. The molecule has 0 unspecified atom stereocenters. The van der Waals surface area contributed by atoms with E-state index >= 15 is 0 Å². The van der Waals surface area contributed by atoms with Crippen LogP contribution in [-0.4, -0.2) is 51.5 Å². The van der Waals surface area contributed by atoms with Crippen LogP contribution in [0.5, 0.6) is 0 Å². The Bertz CT molecular complexity index is 1010. The lowest BCUT2D eigenvalue weighted by atomic mass is 9.82. The maximum atomic E-state index is 13.5. The average molecular weight is 408 g/mol. The van der Waals surface area contributed by atoms with Gasteiger partial charge in [0, 0.05) is 61.8 Å². The molecule has 1 amide bonds. The fourth-order valence-electron chi connectivity index (χ4n) is 5.54. The number of amides is 1. The third-order valence-corrected chi connectivity index (χ3v) is 6.82. The molecule has 0 aromatic carbocycles. The lowest BCUT2D eigenvalue weighted by Crippen LogP contribution is -2.52. The van der Waals surface area contributed by atoms with Crippen LogP contribution >= 0.6 is 0 Å². The molecule has 30 heavy (non-hydrogen) atoms. The number of rotatable bonds is 2. The molecule has 158 valence electrons. The maximum Gasteiger partial charge on any atom is 0.250 e. The molecule has 2 bridgehead atoms. The first kappa shape index (κ1) is 19.3. The van der Waals surface area contributed by atoms with Gasteiger partial charge in [-0.25, -0.2) is 9.97 Å². The lowest BCUT2D eigenvalue weighted by molar-refractivity contribution is -0.138. The summed E-state index contributed by atoms with van der Waals surface area (Å²) in [5.74, 6) is 1.61. The number of fused-ring (bicyclic) bond motifs is 4. The van der Waals surface area contributed by atoms with Gasteiger partial charge in [-0.05, 0) is 51.2 Å². The minimum atomic E-state index is -0.0139. The second-order valence-corrected chi connectivity index (χ2v) is 9.18. The Kier molecular flexibility index (Phi) is 4.83. The number of nitrogens with zero attached hydrogens (tertiary/aromatic N) is 5. The molecule has 5 heterocycles. The summed E-state index contributed by atoms with van der Waals surface area (Å²) >= 11 is 0. The summed E-state index contributed by atoms with van der Waals surface area (Å²) in [5.41, 5.74) is 3.09. The highest BCUT2D eigenvalue weighted by atomic mass is 16.2. The molecule has 3 aliphatic rings. The fourth-order valence-corrected chi connectivity index (χ4v) is 5.54. The summed E-state index contributed by atoms with van der Waals surface area (Å²) in [6, 6.07) is 7.51. The molecule has 5 rings (SSSR count). The van der Waals surface area contributed by atoms with E-state index in [1.165, 1.54) is 0 Å². The predicted molar refractivity (Wildman–Crippen MR) is 115 cm³/mol. The second kappa shape index (κ2) is 7.52. The molecule has 2 saturated heterocycles. The van der Waals surface area contributed by atoms with Crippen molar-refractivity contribution in [2.24, 2.45) is 11.8 Å². The molecule has 2 fully saturated rings. The van der Waals surface area contributed by atoms with E-state index in [4.69, 9.17) is 0 Å². The Labute approximate surface area is 176 Å². The number of likely N-dealkylation sites (tertiary alicyclic amines) is 1. The number of hydrogen-bond donors (Lipinski definition) is 0. The number of carbonyl (C=O) groups is 1. The Balaban J connectivity index is 1.32. The Morgan fingerprint density at radius 3 is 2.67 bits per heavy atom. The molecule has 0 saturated carbocycles. The Morgan fingerprint density at radius 1 is 1.07 bits per heavy atom. The fraction of sp³-hybridized carbons (Fsp3) is 0.565. The number of aromatic nitrogens is 3. The zero-order chi connectivity index (χ0) is 20.8. The van der Waals surface area contributed by atoms with Gasteiger partial charge >= 0.3 is 0 Å². The molecule has 0 spiro atoms. The van der Waals surface area contributed by atoms with E-state index in [1.807, 2.05) is 30.5 Å². The van der Waals surface area contributed by atoms with Gasteiger partial charge in [0.1, 0.15) is 0 Å². The molecule has 0 N–H and O–H groups in total. The Morgan fingerprint density at radius 2 is 1.87 bits per heavy atom. The number of hydrogen-bond acceptors (Lipinski definition) is 5. The SMILES string of the molecule is Cc1cc(C)nc(N2CCC[C@H](C(=O)N3C[C@H]4C[C@@H](C3)c3cccc(=O)n3C4)C2)n1. The topological polar surface area (TPSA) is 71.3 Å². The van der Waals surface area contributed by atoms with Gasteiger partial charge in [0.05, 0.1) is 5.92 Å². The van der Waals surface area contributed by atoms with Crippen LogP contribution in [0.15, 0.2) is 29.1 Å². The third-order valence-electron chi connectivity index (χ3n) is 6.82. The van der Waals surface area contributed by atoms with Gasteiger partial charge in [-0.2, -0.15) is 0 Å². The van der Waals surface area contributed by atoms with Gasteiger partial charge < -0.3 is 14.4 Å². The second-order valence-electron chi connectivity index (χ2n) is 9.18. The van der Waals surface area contributed by atoms with E-state index in [2.05, 4.69) is 25.8 Å². The summed E-state index contributed by atoms with van der Waals surface area (Å²) in [4.78, 5) is 39.1. The highest BCUT2D eigenvalue weighted by Gasteiger charge is 2.39. The van der Waals surface area contributed by atoms with Crippen LogP contribution in [0.3, 0.4) is 0 Å². The monoisotopic (exact) mass is 407 g/mol. The molecule has 3 atom stereocenters. The van der Waals surface area contributed by atoms with Crippen LogP contribution in [0, 0.1) is 25.7 Å². The van der Waals surface area contributed by atoms with Crippen LogP contribution < -0.4 is 10.5 Å². The predicted octanol–water partition coefficient (Wildman–Crippen LogP) is 2.12. The molecule has 2 aromatic heterocycles. The van der Waals surface area contributed by atoms with Gasteiger partial charge in [-0.1, -0.05) is 6.07 Å². The van der Waals surface area contributed by atoms with E-state index in [1.54, 1.807) is 6.07 Å². The van der Waals surface area contributed by atoms with Crippen molar-refractivity contribution in [2.45, 2.75) is 45.6 Å². The quantitative estimate of drug-likeness (QED) is 0.763. The summed E-state index contributed by atoms with van der Waals surface area (Å²) < 4.78 is 1.92. The molecule has 2 aromatic rings. The highest BCUT2D eigenvalue weighted by Crippen LogP contribution is 2.36.